The highest BCUT2D eigenvalue weighted by Crippen LogP contribution is 2.63. The summed E-state index contributed by atoms with van der Waals surface area (Å²) in [4.78, 5) is 16.1. The van der Waals surface area contributed by atoms with Crippen molar-refractivity contribution in [2.24, 2.45) is 0 Å². The first-order chi connectivity index (χ1) is 27.8. The lowest BCUT2D eigenvalue weighted by Gasteiger charge is -2.30. The minimum atomic E-state index is -0.455. The highest BCUT2D eigenvalue weighted by molar-refractivity contribution is 7.26. The molecule has 2 aliphatic carbocycles. The van der Waals surface area contributed by atoms with Crippen molar-refractivity contribution in [3.05, 3.63) is 210 Å². The minimum absolute atomic E-state index is 0.455. The average Bonchev–Trinajstić information content (AvgIpc) is 3.91. The van der Waals surface area contributed by atoms with E-state index in [1.807, 2.05) is 6.07 Å². The van der Waals surface area contributed by atoms with E-state index in [-0.39, 0.29) is 0 Å². The van der Waals surface area contributed by atoms with Crippen LogP contribution in [0.5, 0.6) is 0 Å². The Morgan fingerprint density at radius 1 is 0.321 bits per heavy atom. The molecular weight excluding hydrogens is 699 g/mol. The van der Waals surface area contributed by atoms with E-state index >= 15 is 0 Å². The van der Waals surface area contributed by atoms with Crippen molar-refractivity contribution in [2.45, 2.75) is 5.41 Å². The van der Waals surface area contributed by atoms with Crippen molar-refractivity contribution in [2.75, 3.05) is 0 Å². The van der Waals surface area contributed by atoms with Gasteiger partial charge in [0.25, 0.3) is 0 Å². The molecule has 0 saturated carbocycles. The van der Waals surface area contributed by atoms with Gasteiger partial charge in [0.1, 0.15) is 0 Å². The predicted molar refractivity (Wildman–Crippen MR) is 231 cm³/mol. The summed E-state index contributed by atoms with van der Waals surface area (Å²) in [5, 5.41) is 2.47. The molecule has 2 aromatic heterocycles. The van der Waals surface area contributed by atoms with E-state index in [9.17, 15) is 0 Å². The quantitative estimate of drug-likeness (QED) is 0.181. The van der Waals surface area contributed by atoms with Crippen LogP contribution >= 0.6 is 11.3 Å². The monoisotopic (exact) mass is 729 g/mol. The van der Waals surface area contributed by atoms with E-state index in [4.69, 9.17) is 15.0 Å². The van der Waals surface area contributed by atoms with E-state index in [0.29, 0.717) is 17.5 Å². The standard InChI is InChI=1S/C52H31N3S/c1-2-14-32(15-3-1)33-28-30-34(31-29-33)49-53-50(55-51(54-49)41-22-12-20-38-37-18-7-11-27-46(37)56-48(38)41)40-21-13-26-45-47(40)39-19-6-10-25-44(39)52(45)42-23-8-4-16-35(42)36-17-5-9-24-43(36)52/h1-31H. The Labute approximate surface area is 328 Å². The van der Waals surface area contributed by atoms with Crippen LogP contribution in [0.15, 0.2) is 188 Å². The molecule has 10 aromatic rings. The number of rotatable bonds is 4. The smallest absolute Gasteiger partial charge is 0.165 e. The second-order valence-electron chi connectivity index (χ2n) is 14.6. The molecule has 0 bridgehead atoms. The molecule has 2 aliphatic rings. The SMILES string of the molecule is c1ccc(-c2ccc(-c3nc(-c4cccc5c4-c4ccccc4C54c5ccccc5-c5ccccc54)nc(-c4cccc5c4sc4ccccc45)n3)cc2)cc1. The summed E-state index contributed by atoms with van der Waals surface area (Å²) in [6.07, 6.45) is 0. The molecule has 0 saturated heterocycles. The third kappa shape index (κ3) is 4.36. The summed E-state index contributed by atoms with van der Waals surface area (Å²) in [5.74, 6) is 1.99. The molecule has 4 heteroatoms. The molecular formula is C52H31N3S. The summed E-state index contributed by atoms with van der Waals surface area (Å²) in [5.41, 5.74) is 15.0. The van der Waals surface area contributed by atoms with Crippen molar-refractivity contribution >= 4 is 31.5 Å². The van der Waals surface area contributed by atoms with Crippen LogP contribution in [0, 0.1) is 0 Å². The van der Waals surface area contributed by atoms with Gasteiger partial charge in [-0.3, -0.25) is 0 Å². The third-order valence-electron chi connectivity index (χ3n) is 11.8. The molecule has 2 heterocycles. The molecule has 8 aromatic carbocycles. The fourth-order valence-corrected chi connectivity index (χ4v) is 10.7. The van der Waals surface area contributed by atoms with Crippen LogP contribution in [0.2, 0.25) is 0 Å². The number of nitrogens with zero attached hydrogens (tertiary/aromatic N) is 3. The lowest BCUT2D eigenvalue weighted by molar-refractivity contribution is 0.794. The molecule has 0 N–H and O–H groups in total. The Bertz CT molecular complexity index is 3150. The Kier molecular flexibility index (Phi) is 6.72. The fraction of sp³-hybridized carbons (Fsp3) is 0.0192. The van der Waals surface area contributed by atoms with Gasteiger partial charge in [0.15, 0.2) is 17.5 Å². The predicted octanol–water partition coefficient (Wildman–Crippen LogP) is 13.3. The number of aromatic nitrogens is 3. The molecule has 1 spiro atoms. The Morgan fingerprint density at radius 3 is 1.55 bits per heavy atom. The summed E-state index contributed by atoms with van der Waals surface area (Å²) in [6, 6.07) is 67.7. The second-order valence-corrected chi connectivity index (χ2v) is 15.7. The van der Waals surface area contributed by atoms with Crippen molar-refractivity contribution in [1.29, 1.82) is 0 Å². The van der Waals surface area contributed by atoms with Gasteiger partial charge in [0.05, 0.1) is 5.41 Å². The molecule has 260 valence electrons. The summed E-state index contributed by atoms with van der Waals surface area (Å²) in [6.45, 7) is 0. The minimum Gasteiger partial charge on any atom is -0.208 e. The molecule has 3 nitrogen and oxygen atoms in total. The zero-order chi connectivity index (χ0) is 36.8. The van der Waals surface area contributed by atoms with E-state index in [0.717, 1.165) is 22.3 Å². The lowest BCUT2D eigenvalue weighted by atomic mass is 9.70. The molecule has 0 radical (unpaired) electrons. The first-order valence-corrected chi connectivity index (χ1v) is 19.8. The molecule has 0 fully saturated rings. The van der Waals surface area contributed by atoms with Crippen LogP contribution < -0.4 is 0 Å². The van der Waals surface area contributed by atoms with Crippen LogP contribution in [0.4, 0.5) is 0 Å². The normalized spacial score (nSPS) is 13.1. The average molecular weight is 730 g/mol. The molecule has 0 unspecified atom stereocenters. The summed E-state index contributed by atoms with van der Waals surface area (Å²) in [7, 11) is 0. The Hall–Kier alpha value is -7.01. The highest BCUT2D eigenvalue weighted by Gasteiger charge is 2.52. The maximum absolute atomic E-state index is 5.42. The van der Waals surface area contributed by atoms with E-state index in [2.05, 4.69) is 182 Å². The van der Waals surface area contributed by atoms with Crippen LogP contribution in [-0.2, 0) is 5.41 Å². The lowest BCUT2D eigenvalue weighted by Crippen LogP contribution is -2.25. The molecule has 0 atom stereocenters. The van der Waals surface area contributed by atoms with Gasteiger partial charge in [-0.25, -0.2) is 15.0 Å². The van der Waals surface area contributed by atoms with E-state index in [1.165, 1.54) is 70.2 Å². The van der Waals surface area contributed by atoms with Crippen molar-refractivity contribution in [3.63, 3.8) is 0 Å². The number of benzene rings is 8. The zero-order valence-corrected chi connectivity index (χ0v) is 31.0. The van der Waals surface area contributed by atoms with E-state index < -0.39 is 5.41 Å². The largest absolute Gasteiger partial charge is 0.208 e. The first kappa shape index (κ1) is 31.4. The Morgan fingerprint density at radius 2 is 0.804 bits per heavy atom. The topological polar surface area (TPSA) is 38.7 Å². The number of hydrogen-bond donors (Lipinski definition) is 0. The van der Waals surface area contributed by atoms with Gasteiger partial charge < -0.3 is 0 Å². The van der Waals surface area contributed by atoms with Gasteiger partial charge in [0, 0.05) is 36.9 Å². The van der Waals surface area contributed by atoms with Gasteiger partial charge >= 0.3 is 0 Å². The molecule has 56 heavy (non-hydrogen) atoms. The van der Waals surface area contributed by atoms with Crippen molar-refractivity contribution in [1.82, 2.24) is 15.0 Å². The third-order valence-corrected chi connectivity index (χ3v) is 13.0. The van der Waals surface area contributed by atoms with Crippen LogP contribution in [0.25, 0.3) is 87.7 Å². The summed E-state index contributed by atoms with van der Waals surface area (Å²) < 4.78 is 2.43. The van der Waals surface area contributed by atoms with Crippen molar-refractivity contribution in [3.8, 4) is 67.5 Å². The zero-order valence-electron chi connectivity index (χ0n) is 30.1. The first-order valence-electron chi connectivity index (χ1n) is 19.0. The highest BCUT2D eigenvalue weighted by atomic mass is 32.1. The van der Waals surface area contributed by atoms with Crippen LogP contribution in [0.1, 0.15) is 22.3 Å². The molecule has 12 rings (SSSR count). The second kappa shape index (κ2) is 12.0. The number of fused-ring (bicyclic) bond motifs is 13. The molecule has 0 amide bonds. The van der Waals surface area contributed by atoms with Gasteiger partial charge in [-0.15, -0.1) is 11.3 Å². The maximum Gasteiger partial charge on any atom is 0.165 e. The maximum atomic E-state index is 5.42. The van der Waals surface area contributed by atoms with Gasteiger partial charge in [-0.2, -0.15) is 0 Å². The van der Waals surface area contributed by atoms with E-state index in [1.54, 1.807) is 11.3 Å². The van der Waals surface area contributed by atoms with Gasteiger partial charge in [-0.05, 0) is 67.8 Å². The van der Waals surface area contributed by atoms with Crippen molar-refractivity contribution < 1.29 is 0 Å². The van der Waals surface area contributed by atoms with Crippen LogP contribution in [0.3, 0.4) is 0 Å². The van der Waals surface area contributed by atoms with Gasteiger partial charge in [0.2, 0.25) is 0 Å². The Balaban J connectivity index is 1.12. The molecule has 0 aliphatic heterocycles. The van der Waals surface area contributed by atoms with Crippen LogP contribution in [-0.4, -0.2) is 15.0 Å². The fourth-order valence-electron chi connectivity index (χ4n) is 9.44. The summed E-state index contributed by atoms with van der Waals surface area (Å²) >= 11 is 1.80. The number of thiophene rings is 1. The number of hydrogen-bond acceptors (Lipinski definition) is 4. The van der Waals surface area contributed by atoms with Gasteiger partial charge in [-0.1, -0.05) is 176 Å².